The molecule has 0 radical (unpaired) electrons. The molecule has 0 bridgehead atoms. The van der Waals surface area contributed by atoms with E-state index in [-0.39, 0.29) is 37.7 Å². The largest absolute Gasteiger partial charge is 0.469 e. The topological polar surface area (TPSA) is 136 Å². The Labute approximate surface area is 217 Å². The summed E-state index contributed by atoms with van der Waals surface area (Å²) < 4.78 is 36.0. The van der Waals surface area contributed by atoms with E-state index < -0.39 is 28.1 Å². The summed E-state index contributed by atoms with van der Waals surface area (Å²) in [5, 5.41) is 4.33. The van der Waals surface area contributed by atoms with Gasteiger partial charge in [-0.25, -0.2) is 4.98 Å². The Hall–Kier alpha value is -2.93. The second-order valence-electron chi connectivity index (χ2n) is 8.35. The zero-order valence-electron chi connectivity index (χ0n) is 19.4. The standard InChI is InChI=1S/C22H24Cl2N6O5S/c1-29-17-4-3-15(23)21(24)14(17)10-18(29)22(32)27-16-5-8-30(12-13(16)9-20(31)35-2)36(33,34)28-19-11-25-6-7-26-19/h3-4,6-7,10-11,13,16H,5,8-9,12H2,1-2H3,(H,26,28)(H,27,32). The van der Waals surface area contributed by atoms with Crippen molar-refractivity contribution in [2.45, 2.75) is 18.9 Å². The van der Waals surface area contributed by atoms with E-state index >= 15 is 0 Å². The summed E-state index contributed by atoms with van der Waals surface area (Å²) in [4.78, 5) is 33.1. The van der Waals surface area contributed by atoms with Crippen LogP contribution in [0.3, 0.4) is 0 Å². The van der Waals surface area contributed by atoms with Gasteiger partial charge in [0.25, 0.3) is 5.91 Å². The molecule has 0 spiro atoms. The molecule has 4 rings (SSSR count). The molecule has 3 aromatic rings. The van der Waals surface area contributed by atoms with Gasteiger partial charge in [0.05, 0.1) is 29.8 Å². The van der Waals surface area contributed by atoms with Crippen LogP contribution in [0, 0.1) is 5.92 Å². The van der Waals surface area contributed by atoms with E-state index in [2.05, 4.69) is 20.0 Å². The fraction of sp³-hybridized carbons (Fsp3) is 0.364. The monoisotopic (exact) mass is 554 g/mol. The molecule has 11 nitrogen and oxygen atoms in total. The molecule has 0 saturated carbocycles. The number of fused-ring (bicyclic) bond motifs is 1. The smallest absolute Gasteiger partial charge is 0.305 e. The van der Waals surface area contributed by atoms with Crippen molar-refractivity contribution in [3.05, 3.63) is 52.5 Å². The maximum absolute atomic E-state index is 13.2. The zero-order valence-corrected chi connectivity index (χ0v) is 21.8. The zero-order chi connectivity index (χ0) is 26.0. The fourth-order valence-corrected chi connectivity index (χ4v) is 5.88. The maximum Gasteiger partial charge on any atom is 0.305 e. The van der Waals surface area contributed by atoms with Crippen LogP contribution in [-0.4, -0.2) is 65.4 Å². The van der Waals surface area contributed by atoms with Gasteiger partial charge in [-0.1, -0.05) is 23.2 Å². The summed E-state index contributed by atoms with van der Waals surface area (Å²) in [6, 6.07) is 4.61. The SMILES string of the molecule is COC(=O)CC1CN(S(=O)(=O)Nc2cnccn2)CCC1NC(=O)c1cc2c(Cl)c(Cl)ccc2n1C. The third-order valence-corrected chi connectivity index (χ3v) is 8.45. The van der Waals surface area contributed by atoms with Gasteiger partial charge in [0.2, 0.25) is 0 Å². The third kappa shape index (κ3) is 5.41. The van der Waals surface area contributed by atoms with Crippen LogP contribution >= 0.6 is 23.2 Å². The van der Waals surface area contributed by atoms with Gasteiger partial charge in [-0.2, -0.15) is 12.7 Å². The molecular weight excluding hydrogens is 531 g/mol. The van der Waals surface area contributed by atoms with Crippen molar-refractivity contribution < 1.29 is 22.7 Å². The number of ether oxygens (including phenoxy) is 1. The van der Waals surface area contributed by atoms with Crippen LogP contribution < -0.4 is 10.0 Å². The number of carbonyl (C=O) groups is 2. The number of piperidine rings is 1. The number of halogens is 2. The Morgan fingerprint density at radius 1 is 1.25 bits per heavy atom. The second kappa shape index (κ2) is 10.6. The molecule has 0 aliphatic carbocycles. The first-order valence-corrected chi connectivity index (χ1v) is 13.2. The predicted molar refractivity (Wildman–Crippen MR) is 135 cm³/mol. The van der Waals surface area contributed by atoms with E-state index in [4.69, 9.17) is 27.9 Å². The number of aryl methyl sites for hydroxylation is 1. The number of methoxy groups -OCH3 is 1. The Morgan fingerprint density at radius 3 is 2.72 bits per heavy atom. The minimum atomic E-state index is -3.96. The number of anilines is 1. The van der Waals surface area contributed by atoms with Crippen LogP contribution in [0.15, 0.2) is 36.8 Å². The molecule has 1 saturated heterocycles. The Bertz CT molecular complexity index is 1400. The number of hydrogen-bond donors (Lipinski definition) is 2. The number of esters is 1. The van der Waals surface area contributed by atoms with Gasteiger partial charge in [-0.3, -0.25) is 19.3 Å². The molecule has 14 heteroatoms. The number of carbonyl (C=O) groups excluding carboxylic acids is 2. The van der Waals surface area contributed by atoms with E-state index in [1.807, 2.05) is 0 Å². The van der Waals surface area contributed by atoms with Gasteiger partial charge >= 0.3 is 16.2 Å². The Morgan fingerprint density at radius 2 is 2.03 bits per heavy atom. The van der Waals surface area contributed by atoms with E-state index in [1.54, 1.807) is 29.8 Å². The van der Waals surface area contributed by atoms with E-state index in [0.717, 1.165) is 5.52 Å². The molecule has 2 N–H and O–H groups in total. The highest BCUT2D eigenvalue weighted by molar-refractivity contribution is 7.90. The average molecular weight is 555 g/mol. The first-order valence-electron chi connectivity index (χ1n) is 11.0. The second-order valence-corrected chi connectivity index (χ2v) is 10.8. The lowest BCUT2D eigenvalue weighted by molar-refractivity contribution is -0.142. The molecule has 1 aromatic carbocycles. The van der Waals surface area contributed by atoms with Crippen LogP contribution in [-0.2, 0) is 26.8 Å². The van der Waals surface area contributed by atoms with E-state index in [0.29, 0.717) is 21.1 Å². The lowest BCUT2D eigenvalue weighted by Crippen LogP contribution is -2.54. The van der Waals surface area contributed by atoms with Gasteiger partial charge in [0.15, 0.2) is 5.82 Å². The van der Waals surface area contributed by atoms with Crippen LogP contribution in [0.5, 0.6) is 0 Å². The quantitative estimate of drug-likeness (QED) is 0.428. The van der Waals surface area contributed by atoms with Gasteiger partial charge in [0, 0.05) is 55.4 Å². The van der Waals surface area contributed by atoms with Crippen LogP contribution in [0.4, 0.5) is 5.82 Å². The third-order valence-electron chi connectivity index (χ3n) is 6.15. The molecule has 2 atom stereocenters. The molecule has 3 heterocycles. The highest BCUT2D eigenvalue weighted by Crippen LogP contribution is 2.33. The van der Waals surface area contributed by atoms with Gasteiger partial charge in [0.1, 0.15) is 5.69 Å². The number of nitrogens with zero attached hydrogens (tertiary/aromatic N) is 4. The number of amides is 1. The van der Waals surface area contributed by atoms with Crippen LogP contribution in [0.2, 0.25) is 10.0 Å². The number of hydrogen-bond acceptors (Lipinski definition) is 7. The average Bonchev–Trinajstić information content (AvgIpc) is 3.19. The summed E-state index contributed by atoms with van der Waals surface area (Å²) in [5.41, 5.74) is 1.09. The molecule has 192 valence electrons. The van der Waals surface area contributed by atoms with E-state index in [1.165, 1.54) is 30.0 Å². The molecular formula is C22H24Cl2N6O5S. The number of rotatable bonds is 7. The maximum atomic E-state index is 13.2. The molecule has 36 heavy (non-hydrogen) atoms. The Kier molecular flexibility index (Phi) is 7.69. The lowest BCUT2D eigenvalue weighted by atomic mass is 9.90. The van der Waals surface area contributed by atoms with Crippen LogP contribution in [0.1, 0.15) is 23.3 Å². The fourth-order valence-electron chi connectivity index (χ4n) is 4.27. The van der Waals surface area contributed by atoms with Crippen molar-refractivity contribution in [2.75, 3.05) is 24.9 Å². The molecule has 1 aliphatic heterocycles. The molecule has 1 fully saturated rings. The predicted octanol–water partition coefficient (Wildman–Crippen LogP) is 2.62. The van der Waals surface area contributed by atoms with Gasteiger partial charge < -0.3 is 14.6 Å². The van der Waals surface area contributed by atoms with Crippen LogP contribution in [0.25, 0.3) is 10.9 Å². The highest BCUT2D eigenvalue weighted by atomic mass is 35.5. The number of benzene rings is 1. The Balaban J connectivity index is 1.54. The first kappa shape index (κ1) is 26.1. The summed E-state index contributed by atoms with van der Waals surface area (Å²) >= 11 is 12.4. The summed E-state index contributed by atoms with van der Waals surface area (Å²) in [7, 11) is -0.970. The molecule has 1 amide bonds. The minimum absolute atomic E-state index is 0.00775. The summed E-state index contributed by atoms with van der Waals surface area (Å²) in [5.74, 6) is -1.34. The molecule has 2 aromatic heterocycles. The summed E-state index contributed by atoms with van der Waals surface area (Å²) in [6.45, 7) is 0.112. The van der Waals surface area contributed by atoms with Crippen molar-refractivity contribution >= 4 is 62.0 Å². The lowest BCUT2D eigenvalue weighted by Gasteiger charge is -2.37. The minimum Gasteiger partial charge on any atom is -0.469 e. The van der Waals surface area contributed by atoms with Crippen molar-refractivity contribution in [1.29, 1.82) is 0 Å². The van der Waals surface area contributed by atoms with E-state index in [9.17, 15) is 18.0 Å². The molecule has 1 aliphatic rings. The van der Waals surface area contributed by atoms with Crippen molar-refractivity contribution in [3.8, 4) is 0 Å². The highest BCUT2D eigenvalue weighted by Gasteiger charge is 2.37. The molecule has 2 unspecified atom stereocenters. The van der Waals surface area contributed by atoms with Crippen molar-refractivity contribution in [1.82, 2.24) is 24.2 Å². The van der Waals surface area contributed by atoms with Gasteiger partial charge in [-0.05, 0) is 24.6 Å². The summed E-state index contributed by atoms with van der Waals surface area (Å²) in [6.07, 6.45) is 4.30. The number of nitrogens with one attached hydrogen (secondary N) is 2. The first-order chi connectivity index (χ1) is 17.1. The van der Waals surface area contributed by atoms with Crippen molar-refractivity contribution in [3.63, 3.8) is 0 Å². The normalized spacial score (nSPS) is 18.7. The number of aromatic nitrogens is 3. The van der Waals surface area contributed by atoms with Gasteiger partial charge in [-0.15, -0.1) is 0 Å². The van der Waals surface area contributed by atoms with Crippen molar-refractivity contribution in [2.24, 2.45) is 13.0 Å².